The van der Waals surface area contributed by atoms with Gasteiger partial charge in [-0.3, -0.25) is 0 Å². The Labute approximate surface area is 196 Å². The number of aryl methyl sites for hydroxylation is 2. The van der Waals surface area contributed by atoms with E-state index in [2.05, 4.69) is 50.8 Å². The van der Waals surface area contributed by atoms with Crippen LogP contribution in [0.5, 0.6) is 11.5 Å². The van der Waals surface area contributed by atoms with Crippen molar-refractivity contribution in [1.82, 2.24) is 5.43 Å². The first kappa shape index (κ1) is 23.3. The van der Waals surface area contributed by atoms with Gasteiger partial charge in [0.25, 0.3) is 0 Å². The summed E-state index contributed by atoms with van der Waals surface area (Å²) in [5.74, 6) is 1.28. The van der Waals surface area contributed by atoms with Gasteiger partial charge >= 0.3 is 6.03 Å². The van der Waals surface area contributed by atoms with Crippen LogP contribution in [0.4, 0.5) is 10.5 Å². The lowest BCUT2D eigenvalue weighted by molar-refractivity contribution is 0.252. The van der Waals surface area contributed by atoms with Crippen LogP contribution in [0.3, 0.4) is 0 Å². The second kappa shape index (κ2) is 11.3. The molecule has 0 atom stereocenters. The summed E-state index contributed by atoms with van der Waals surface area (Å²) in [5, 5.41) is 6.76. The highest BCUT2D eigenvalue weighted by Crippen LogP contribution is 2.29. The van der Waals surface area contributed by atoms with Crippen molar-refractivity contribution in [3.8, 4) is 11.5 Å². The summed E-state index contributed by atoms with van der Waals surface area (Å²) in [4.78, 5) is 12.1. The van der Waals surface area contributed by atoms with Gasteiger partial charge < -0.3 is 14.8 Å². The van der Waals surface area contributed by atoms with Crippen LogP contribution in [-0.4, -0.2) is 18.9 Å². The number of ether oxygens (including phenoxy) is 2. The number of hydrogen-bond acceptors (Lipinski definition) is 4. The lowest BCUT2D eigenvalue weighted by Gasteiger charge is -2.13. The third kappa shape index (κ3) is 6.85. The molecule has 0 fully saturated rings. The number of nitrogens with zero attached hydrogens (tertiary/aromatic N) is 1. The van der Waals surface area contributed by atoms with E-state index in [1.807, 2.05) is 62.4 Å². The molecule has 0 saturated heterocycles. The van der Waals surface area contributed by atoms with Crippen molar-refractivity contribution >= 4 is 33.9 Å². The maximum Gasteiger partial charge on any atom is 0.339 e. The van der Waals surface area contributed by atoms with Crippen LogP contribution in [-0.2, 0) is 6.61 Å². The first-order valence-electron chi connectivity index (χ1n) is 10.3. The molecule has 2 amide bonds. The van der Waals surface area contributed by atoms with E-state index >= 15 is 0 Å². The lowest BCUT2D eigenvalue weighted by Crippen LogP contribution is -2.24. The second-order valence-electron chi connectivity index (χ2n) is 7.20. The van der Waals surface area contributed by atoms with Crippen molar-refractivity contribution < 1.29 is 14.3 Å². The number of rotatable bonds is 8. The highest BCUT2D eigenvalue weighted by molar-refractivity contribution is 9.10. The summed E-state index contributed by atoms with van der Waals surface area (Å²) >= 11 is 3.44. The summed E-state index contributed by atoms with van der Waals surface area (Å²) in [7, 11) is 0. The molecule has 0 radical (unpaired) electrons. The number of urea groups is 1. The molecule has 3 aromatic carbocycles. The van der Waals surface area contributed by atoms with Crippen LogP contribution in [0.15, 0.2) is 70.2 Å². The fourth-order valence-corrected chi connectivity index (χ4v) is 3.13. The predicted octanol–water partition coefficient (Wildman–Crippen LogP) is 6.20. The van der Waals surface area contributed by atoms with Gasteiger partial charge in [-0.1, -0.05) is 45.8 Å². The average Bonchev–Trinajstić information content (AvgIpc) is 2.77. The number of halogens is 1. The highest BCUT2D eigenvalue weighted by Gasteiger charge is 2.07. The van der Waals surface area contributed by atoms with Crippen LogP contribution < -0.4 is 20.2 Å². The van der Waals surface area contributed by atoms with Crippen molar-refractivity contribution in [2.24, 2.45) is 5.10 Å². The summed E-state index contributed by atoms with van der Waals surface area (Å²) < 4.78 is 12.7. The van der Waals surface area contributed by atoms with Gasteiger partial charge in [0.2, 0.25) is 0 Å². The Hall–Kier alpha value is -3.32. The van der Waals surface area contributed by atoms with E-state index < -0.39 is 6.03 Å². The van der Waals surface area contributed by atoms with Crippen LogP contribution in [0.25, 0.3) is 0 Å². The monoisotopic (exact) mass is 495 g/mol. The zero-order valence-electron chi connectivity index (χ0n) is 18.3. The van der Waals surface area contributed by atoms with Crippen molar-refractivity contribution in [2.45, 2.75) is 27.4 Å². The number of carbonyl (C=O) groups excluding carboxylic acids is 1. The molecule has 3 aromatic rings. The largest absolute Gasteiger partial charge is 0.490 e. The molecule has 2 N–H and O–H groups in total. The van der Waals surface area contributed by atoms with Crippen LogP contribution in [0.2, 0.25) is 0 Å². The second-order valence-corrected chi connectivity index (χ2v) is 8.06. The molecule has 6 nitrogen and oxygen atoms in total. The maximum atomic E-state index is 12.1. The third-order valence-electron chi connectivity index (χ3n) is 4.58. The van der Waals surface area contributed by atoms with E-state index in [0.717, 1.165) is 21.2 Å². The minimum atomic E-state index is -0.425. The molecule has 0 aliphatic carbocycles. The van der Waals surface area contributed by atoms with Crippen molar-refractivity contribution in [1.29, 1.82) is 0 Å². The van der Waals surface area contributed by atoms with Gasteiger partial charge in [-0.25, -0.2) is 10.2 Å². The van der Waals surface area contributed by atoms with Gasteiger partial charge in [-0.15, -0.1) is 0 Å². The molecule has 0 aliphatic rings. The number of hydrazone groups is 1. The minimum absolute atomic E-state index is 0.425. The smallest absolute Gasteiger partial charge is 0.339 e. The van der Waals surface area contributed by atoms with E-state index in [1.165, 1.54) is 5.56 Å². The number of nitrogens with one attached hydrogen (secondary N) is 2. The number of hydrogen-bond donors (Lipinski definition) is 2. The molecule has 7 heteroatoms. The topological polar surface area (TPSA) is 72.0 Å². The molecule has 0 unspecified atom stereocenters. The van der Waals surface area contributed by atoms with Gasteiger partial charge in [0.05, 0.1) is 12.8 Å². The molecule has 3 rings (SSSR count). The molecule has 0 heterocycles. The van der Waals surface area contributed by atoms with Crippen LogP contribution in [0.1, 0.15) is 29.2 Å². The molecule has 0 saturated carbocycles. The molecule has 0 aromatic heterocycles. The molecule has 0 bridgehead atoms. The molecule has 32 heavy (non-hydrogen) atoms. The summed E-state index contributed by atoms with van der Waals surface area (Å²) in [5.41, 5.74) is 7.25. The van der Waals surface area contributed by atoms with Gasteiger partial charge in [-0.2, -0.15) is 5.10 Å². The predicted molar refractivity (Wildman–Crippen MR) is 132 cm³/mol. The summed E-state index contributed by atoms with van der Waals surface area (Å²) in [6, 6.07) is 18.9. The number of anilines is 1. The first-order chi connectivity index (χ1) is 15.4. The standard InChI is InChI=1S/C25H26BrN3O3/c1-4-31-24-14-20(9-12-23(24)32-16-19-7-5-17(2)6-8-19)15-27-29-25(30)28-21-10-11-22(26)18(3)13-21/h5-15H,4,16H2,1-3H3,(H2,28,29,30). The fourth-order valence-electron chi connectivity index (χ4n) is 2.88. The molecule has 166 valence electrons. The summed E-state index contributed by atoms with van der Waals surface area (Å²) in [6.07, 6.45) is 1.55. The highest BCUT2D eigenvalue weighted by atomic mass is 79.9. The van der Waals surface area contributed by atoms with E-state index in [1.54, 1.807) is 6.21 Å². The first-order valence-corrected chi connectivity index (χ1v) is 11.1. The number of benzene rings is 3. The van der Waals surface area contributed by atoms with Crippen LogP contribution >= 0.6 is 15.9 Å². The zero-order valence-corrected chi connectivity index (χ0v) is 19.9. The van der Waals surface area contributed by atoms with E-state index in [0.29, 0.717) is 30.4 Å². The lowest BCUT2D eigenvalue weighted by atomic mass is 10.2. The Bertz CT molecular complexity index is 1100. The van der Waals surface area contributed by atoms with Crippen molar-refractivity contribution in [3.05, 3.63) is 87.4 Å². The fraction of sp³-hybridized carbons (Fsp3) is 0.200. The molecular weight excluding hydrogens is 470 g/mol. The Morgan fingerprint density at radius 3 is 2.50 bits per heavy atom. The van der Waals surface area contributed by atoms with Gasteiger partial charge in [-0.05, 0) is 73.9 Å². The van der Waals surface area contributed by atoms with Crippen molar-refractivity contribution in [2.75, 3.05) is 11.9 Å². The molecular formula is C25H26BrN3O3. The van der Waals surface area contributed by atoms with Crippen LogP contribution in [0, 0.1) is 13.8 Å². The zero-order chi connectivity index (χ0) is 22.9. The average molecular weight is 496 g/mol. The van der Waals surface area contributed by atoms with Crippen molar-refractivity contribution in [3.63, 3.8) is 0 Å². The molecule has 0 spiro atoms. The quantitative estimate of drug-likeness (QED) is 0.288. The maximum absolute atomic E-state index is 12.1. The van der Waals surface area contributed by atoms with E-state index in [9.17, 15) is 4.79 Å². The van der Waals surface area contributed by atoms with Gasteiger partial charge in [0.15, 0.2) is 11.5 Å². The van der Waals surface area contributed by atoms with E-state index in [-0.39, 0.29) is 0 Å². The van der Waals surface area contributed by atoms with E-state index in [4.69, 9.17) is 9.47 Å². The Kier molecular flexibility index (Phi) is 8.27. The number of amides is 2. The minimum Gasteiger partial charge on any atom is -0.490 e. The SMILES string of the molecule is CCOc1cc(C=NNC(=O)Nc2ccc(Br)c(C)c2)ccc1OCc1ccc(C)cc1. The summed E-state index contributed by atoms with van der Waals surface area (Å²) in [6.45, 7) is 6.88. The molecule has 0 aliphatic heterocycles. The normalized spacial score (nSPS) is 10.8. The van der Waals surface area contributed by atoms with Gasteiger partial charge in [0.1, 0.15) is 6.61 Å². The van der Waals surface area contributed by atoms with Gasteiger partial charge in [0, 0.05) is 10.2 Å². The Morgan fingerprint density at radius 2 is 1.78 bits per heavy atom. The Morgan fingerprint density at radius 1 is 1.00 bits per heavy atom. The Balaban J connectivity index is 1.59. The number of carbonyl (C=O) groups is 1. The third-order valence-corrected chi connectivity index (χ3v) is 5.47.